The molecule has 27 heavy (non-hydrogen) atoms. The van der Waals surface area contributed by atoms with Crippen molar-refractivity contribution in [1.29, 1.82) is 0 Å². The quantitative estimate of drug-likeness (QED) is 0.514. The number of nitrogens with one attached hydrogen (secondary N) is 1. The van der Waals surface area contributed by atoms with Crippen LogP contribution in [0.4, 0.5) is 5.69 Å². The van der Waals surface area contributed by atoms with Gasteiger partial charge < -0.3 is 9.72 Å². The van der Waals surface area contributed by atoms with E-state index in [-0.39, 0.29) is 5.91 Å². The molecule has 4 heterocycles. The molecule has 132 valence electrons. The maximum atomic E-state index is 12.5. The minimum atomic E-state index is -0.228. The van der Waals surface area contributed by atoms with E-state index in [1.165, 1.54) is 0 Å². The van der Waals surface area contributed by atoms with Crippen molar-refractivity contribution < 1.29 is 4.79 Å². The number of fused-ring (bicyclic) bond motifs is 2. The second-order valence-electron chi connectivity index (χ2n) is 6.27. The van der Waals surface area contributed by atoms with Gasteiger partial charge in [0.15, 0.2) is 4.96 Å². The predicted molar refractivity (Wildman–Crippen MR) is 106 cm³/mol. The molecule has 0 aliphatic carbocycles. The third-order valence-electron chi connectivity index (χ3n) is 4.46. The lowest BCUT2D eigenvalue weighted by atomic mass is 10.1. The summed E-state index contributed by atoms with van der Waals surface area (Å²) in [5.41, 5.74) is 4.82. The molecule has 0 radical (unpaired) electrons. The number of anilines is 1. The average molecular weight is 373 g/mol. The molecule has 0 spiro atoms. The fourth-order valence-corrected chi connectivity index (χ4v) is 3.74. The molecule has 1 aromatic carbocycles. The van der Waals surface area contributed by atoms with Crippen LogP contribution in [0.5, 0.6) is 0 Å². The van der Waals surface area contributed by atoms with E-state index >= 15 is 0 Å². The number of carbonyl (C=O) groups excluding carboxylic acids is 1. The van der Waals surface area contributed by atoms with Crippen molar-refractivity contribution in [2.45, 2.75) is 6.92 Å². The lowest BCUT2D eigenvalue weighted by molar-refractivity contribution is 0.102. The number of pyridine rings is 1. The highest BCUT2D eigenvalue weighted by Crippen LogP contribution is 2.23. The summed E-state index contributed by atoms with van der Waals surface area (Å²) in [6.07, 6.45) is 5.74. The summed E-state index contributed by atoms with van der Waals surface area (Å²) in [6, 6.07) is 13.5. The number of imidazole rings is 2. The number of amides is 1. The van der Waals surface area contributed by atoms with Crippen LogP contribution in [-0.2, 0) is 0 Å². The van der Waals surface area contributed by atoms with E-state index < -0.39 is 0 Å². The van der Waals surface area contributed by atoms with Crippen molar-refractivity contribution in [2.24, 2.45) is 0 Å². The third kappa shape index (κ3) is 2.78. The third-order valence-corrected chi connectivity index (χ3v) is 5.23. The molecule has 6 nitrogen and oxygen atoms in total. The molecule has 0 saturated carbocycles. The number of benzene rings is 1. The molecule has 0 bridgehead atoms. The van der Waals surface area contributed by atoms with E-state index in [1.54, 1.807) is 17.5 Å². The second-order valence-corrected chi connectivity index (χ2v) is 7.14. The number of aryl methyl sites for hydroxylation is 1. The topological polar surface area (TPSA) is 63.7 Å². The molecule has 0 aliphatic heterocycles. The Morgan fingerprint density at radius 1 is 1.07 bits per heavy atom. The maximum Gasteiger partial charge on any atom is 0.275 e. The summed E-state index contributed by atoms with van der Waals surface area (Å²) < 4.78 is 3.91. The summed E-state index contributed by atoms with van der Waals surface area (Å²) >= 11 is 1.60. The van der Waals surface area contributed by atoms with E-state index in [0.29, 0.717) is 5.69 Å². The second kappa shape index (κ2) is 6.07. The Bertz CT molecular complexity index is 1250. The molecule has 5 aromatic rings. The van der Waals surface area contributed by atoms with E-state index in [1.807, 2.05) is 76.0 Å². The largest absolute Gasteiger partial charge is 0.321 e. The normalized spacial score (nSPS) is 11.3. The van der Waals surface area contributed by atoms with Gasteiger partial charge in [-0.1, -0.05) is 18.2 Å². The van der Waals surface area contributed by atoms with Gasteiger partial charge in [0.05, 0.1) is 5.69 Å². The Morgan fingerprint density at radius 3 is 2.70 bits per heavy atom. The van der Waals surface area contributed by atoms with Crippen LogP contribution in [0.3, 0.4) is 0 Å². The average Bonchev–Trinajstić information content (AvgIpc) is 3.37. The van der Waals surface area contributed by atoms with E-state index in [9.17, 15) is 4.79 Å². The standard InChI is InChI=1S/C20H15N5OS/c1-13-3-2-4-18-22-17(12-25(13)18)19(26)21-15-7-5-14(6-8-15)16-11-24-9-10-27-20(24)23-16/h2-12H,1H3,(H,21,26). The van der Waals surface area contributed by atoms with Gasteiger partial charge in [-0.25, -0.2) is 9.97 Å². The summed E-state index contributed by atoms with van der Waals surface area (Å²) in [6.45, 7) is 1.98. The first-order chi connectivity index (χ1) is 13.2. The van der Waals surface area contributed by atoms with Gasteiger partial charge in [-0.3, -0.25) is 9.20 Å². The summed E-state index contributed by atoms with van der Waals surface area (Å²) in [5.74, 6) is -0.228. The van der Waals surface area contributed by atoms with Crippen molar-refractivity contribution in [3.63, 3.8) is 0 Å². The van der Waals surface area contributed by atoms with Crippen molar-refractivity contribution in [1.82, 2.24) is 18.8 Å². The van der Waals surface area contributed by atoms with Gasteiger partial charge >= 0.3 is 0 Å². The van der Waals surface area contributed by atoms with Gasteiger partial charge in [0.1, 0.15) is 11.3 Å². The number of hydrogen-bond acceptors (Lipinski definition) is 4. The van der Waals surface area contributed by atoms with Crippen molar-refractivity contribution in [3.8, 4) is 11.3 Å². The minimum absolute atomic E-state index is 0.228. The van der Waals surface area contributed by atoms with E-state index in [2.05, 4.69) is 15.3 Å². The van der Waals surface area contributed by atoms with Gasteiger partial charge in [-0.2, -0.15) is 0 Å². The summed E-state index contributed by atoms with van der Waals surface area (Å²) in [4.78, 5) is 22.5. The Labute approximate surface area is 158 Å². The van der Waals surface area contributed by atoms with Crippen LogP contribution < -0.4 is 5.32 Å². The van der Waals surface area contributed by atoms with Crippen molar-refractivity contribution in [2.75, 3.05) is 5.32 Å². The summed E-state index contributed by atoms with van der Waals surface area (Å²) in [7, 11) is 0. The molecule has 0 atom stereocenters. The van der Waals surface area contributed by atoms with Gasteiger partial charge in [0.25, 0.3) is 5.91 Å². The molecular formula is C20H15N5OS. The lowest BCUT2D eigenvalue weighted by Gasteiger charge is -2.04. The van der Waals surface area contributed by atoms with Gasteiger partial charge in [-0.15, -0.1) is 11.3 Å². The fourth-order valence-electron chi connectivity index (χ4n) is 3.04. The first kappa shape index (κ1) is 15.8. The molecular weight excluding hydrogens is 358 g/mol. The van der Waals surface area contributed by atoms with Crippen LogP contribution in [0, 0.1) is 6.92 Å². The SMILES string of the molecule is Cc1cccc2nc(C(=O)Nc3ccc(-c4cn5ccsc5n4)cc3)cn12. The molecule has 0 unspecified atom stereocenters. The van der Waals surface area contributed by atoms with Gasteiger partial charge in [-0.05, 0) is 31.2 Å². The number of rotatable bonds is 3. The molecule has 4 aromatic heterocycles. The number of carbonyl (C=O) groups is 1. The Balaban J connectivity index is 1.37. The zero-order chi connectivity index (χ0) is 18.4. The van der Waals surface area contributed by atoms with Crippen LogP contribution in [0.15, 0.2) is 66.4 Å². The molecule has 7 heteroatoms. The predicted octanol–water partition coefficient (Wildman–Crippen LogP) is 4.27. The van der Waals surface area contributed by atoms with Crippen LogP contribution in [-0.4, -0.2) is 24.7 Å². The first-order valence-electron chi connectivity index (χ1n) is 8.46. The number of nitrogens with zero attached hydrogens (tertiary/aromatic N) is 4. The molecule has 1 N–H and O–H groups in total. The highest BCUT2D eigenvalue weighted by molar-refractivity contribution is 7.15. The van der Waals surface area contributed by atoms with Crippen LogP contribution in [0.25, 0.3) is 21.9 Å². The monoisotopic (exact) mass is 373 g/mol. The highest BCUT2D eigenvalue weighted by atomic mass is 32.1. The first-order valence-corrected chi connectivity index (χ1v) is 9.34. The van der Waals surface area contributed by atoms with Crippen molar-refractivity contribution >= 4 is 33.5 Å². The van der Waals surface area contributed by atoms with Crippen LogP contribution >= 0.6 is 11.3 Å². The lowest BCUT2D eigenvalue weighted by Crippen LogP contribution is -2.12. The highest BCUT2D eigenvalue weighted by Gasteiger charge is 2.12. The van der Waals surface area contributed by atoms with Crippen molar-refractivity contribution in [3.05, 3.63) is 77.8 Å². The zero-order valence-electron chi connectivity index (χ0n) is 14.5. The molecule has 0 aliphatic rings. The minimum Gasteiger partial charge on any atom is -0.321 e. The molecule has 0 saturated heterocycles. The summed E-state index contributed by atoms with van der Waals surface area (Å²) in [5, 5.41) is 4.91. The maximum absolute atomic E-state index is 12.5. The number of thiazole rings is 1. The number of aromatic nitrogens is 4. The van der Waals surface area contributed by atoms with Crippen LogP contribution in [0.2, 0.25) is 0 Å². The van der Waals surface area contributed by atoms with Gasteiger partial charge in [0.2, 0.25) is 0 Å². The Kier molecular flexibility index (Phi) is 3.54. The van der Waals surface area contributed by atoms with E-state index in [0.717, 1.165) is 33.2 Å². The Hall–Kier alpha value is -3.45. The van der Waals surface area contributed by atoms with Crippen LogP contribution in [0.1, 0.15) is 16.2 Å². The zero-order valence-corrected chi connectivity index (χ0v) is 15.3. The molecule has 1 amide bonds. The molecule has 0 fully saturated rings. The Morgan fingerprint density at radius 2 is 1.93 bits per heavy atom. The van der Waals surface area contributed by atoms with Gasteiger partial charge in [0, 0.05) is 40.9 Å². The molecule has 5 rings (SSSR count). The number of hydrogen-bond donors (Lipinski definition) is 1. The fraction of sp³-hybridized carbons (Fsp3) is 0.0500. The van der Waals surface area contributed by atoms with E-state index in [4.69, 9.17) is 0 Å². The smallest absolute Gasteiger partial charge is 0.275 e.